The van der Waals surface area contributed by atoms with Crippen LogP contribution in [0.15, 0.2) is 71.9 Å². The Morgan fingerprint density at radius 2 is 1.86 bits per heavy atom. The normalized spacial score (nSPS) is 13.3. The average molecular weight is 589 g/mol. The van der Waals surface area contributed by atoms with Crippen molar-refractivity contribution in [3.8, 4) is 17.0 Å². The van der Waals surface area contributed by atoms with Crippen LogP contribution in [-0.2, 0) is 6.54 Å². The van der Waals surface area contributed by atoms with Crippen molar-refractivity contribution < 1.29 is 14.2 Å². The number of fused-ring (bicyclic) bond motifs is 3. The molecule has 2 heterocycles. The number of anilines is 2. The first-order valence-corrected chi connectivity index (χ1v) is 14.1. The molecule has 42 heavy (non-hydrogen) atoms. The lowest BCUT2D eigenvalue weighted by atomic mass is 9.94. The number of nitrogens with zero attached hydrogens (tertiary/aromatic N) is 5. The molecule has 0 spiro atoms. The second-order valence-electron chi connectivity index (χ2n) is 10.5. The van der Waals surface area contributed by atoms with E-state index in [-0.39, 0.29) is 12.1 Å². The summed E-state index contributed by atoms with van der Waals surface area (Å²) in [5.74, 6) is 0.320. The highest BCUT2D eigenvalue weighted by Crippen LogP contribution is 2.36. The molecule has 0 radical (unpaired) electrons. The van der Waals surface area contributed by atoms with Gasteiger partial charge in [-0.3, -0.25) is 9.89 Å². The minimum atomic E-state index is -0.746. The summed E-state index contributed by atoms with van der Waals surface area (Å²) in [4.78, 5) is 18.2. The van der Waals surface area contributed by atoms with Gasteiger partial charge < -0.3 is 20.1 Å². The topological polar surface area (TPSA) is 86.1 Å². The molecule has 0 aliphatic carbocycles. The molecule has 0 saturated carbocycles. The van der Waals surface area contributed by atoms with Crippen LogP contribution in [0.1, 0.15) is 34.9 Å². The van der Waals surface area contributed by atoms with Gasteiger partial charge in [0.1, 0.15) is 17.8 Å². The van der Waals surface area contributed by atoms with Gasteiger partial charge in [-0.2, -0.15) is 0 Å². The minimum absolute atomic E-state index is 0.247. The molecule has 8 nitrogen and oxygen atoms in total. The zero-order valence-electron chi connectivity index (χ0n) is 24.1. The highest BCUT2D eigenvalue weighted by atomic mass is 35.5. The molecule has 10 heteroatoms. The minimum Gasteiger partial charge on any atom is -0.496 e. The van der Waals surface area contributed by atoms with E-state index in [1.807, 2.05) is 56.4 Å². The maximum atomic E-state index is 15.2. The van der Waals surface area contributed by atoms with Crippen LogP contribution >= 0.6 is 11.6 Å². The van der Waals surface area contributed by atoms with Gasteiger partial charge in [0.2, 0.25) is 5.95 Å². The number of hydrogen-bond donors (Lipinski definition) is 2. The molecule has 1 atom stereocenters. The summed E-state index contributed by atoms with van der Waals surface area (Å²) in [7, 11) is 7.49. The van der Waals surface area contributed by atoms with Crippen LogP contribution in [-0.4, -0.2) is 71.9 Å². The second-order valence-corrected chi connectivity index (χ2v) is 10.9. The first-order valence-electron chi connectivity index (χ1n) is 13.7. The zero-order valence-corrected chi connectivity index (χ0v) is 24.9. The number of aliphatic hydroxyl groups excluding tert-OH is 1. The molecule has 5 rings (SSSR count). The number of aliphatic imine (C=N–C) groups is 1. The van der Waals surface area contributed by atoms with Crippen molar-refractivity contribution in [1.82, 2.24) is 19.8 Å². The highest BCUT2D eigenvalue weighted by Gasteiger charge is 2.25. The molecule has 1 unspecified atom stereocenters. The van der Waals surface area contributed by atoms with E-state index < -0.39 is 12.0 Å². The monoisotopic (exact) mass is 588 g/mol. The largest absolute Gasteiger partial charge is 0.496 e. The first-order chi connectivity index (χ1) is 20.2. The predicted octanol–water partition coefficient (Wildman–Crippen LogP) is 5.91. The Morgan fingerprint density at radius 3 is 2.64 bits per heavy atom. The summed E-state index contributed by atoms with van der Waals surface area (Å²) in [6.07, 6.45) is 1.93. The van der Waals surface area contributed by atoms with Crippen LogP contribution in [0.2, 0.25) is 5.02 Å². The molecule has 2 N–H and O–H groups in total. The van der Waals surface area contributed by atoms with Crippen LogP contribution in [0.3, 0.4) is 0 Å². The standard InChI is InChI=1S/C32H34ClFN6O2/c1-39(2)14-7-15-40(3)31(41)20-8-5-9-23(16-20)37-32-36-19-21-18-35-30(28-26(34)10-6-11-27(28)42-4)25-17-22(33)12-13-24(25)29(21)38-32/h5-6,8-13,16-17,19,31,41H,7,14-15,18H2,1-4H3,(H,36,37,38). The molecule has 0 bridgehead atoms. The lowest BCUT2D eigenvalue weighted by molar-refractivity contribution is 0.0192. The lowest BCUT2D eigenvalue weighted by Gasteiger charge is -2.24. The van der Waals surface area contributed by atoms with Gasteiger partial charge in [0.05, 0.1) is 30.6 Å². The van der Waals surface area contributed by atoms with Crippen molar-refractivity contribution in [2.75, 3.05) is 46.7 Å². The van der Waals surface area contributed by atoms with Gasteiger partial charge in [0, 0.05) is 40.1 Å². The van der Waals surface area contributed by atoms with Crippen molar-refractivity contribution in [2.24, 2.45) is 4.99 Å². The smallest absolute Gasteiger partial charge is 0.227 e. The number of benzene rings is 3. The molecule has 3 aromatic carbocycles. The second kappa shape index (κ2) is 13.0. The summed E-state index contributed by atoms with van der Waals surface area (Å²) >= 11 is 6.42. The molecular weight excluding hydrogens is 555 g/mol. The molecular formula is C32H34ClFN6O2. The van der Waals surface area contributed by atoms with Crippen molar-refractivity contribution in [1.29, 1.82) is 0 Å². The van der Waals surface area contributed by atoms with Crippen LogP contribution in [0.5, 0.6) is 5.75 Å². The lowest BCUT2D eigenvalue weighted by Crippen LogP contribution is -2.27. The number of ether oxygens (including phenoxy) is 1. The third-order valence-corrected chi connectivity index (χ3v) is 7.41. The van der Waals surface area contributed by atoms with E-state index >= 15 is 4.39 Å². The van der Waals surface area contributed by atoms with E-state index in [2.05, 4.69) is 15.2 Å². The van der Waals surface area contributed by atoms with Gasteiger partial charge in [0.25, 0.3) is 0 Å². The number of nitrogens with one attached hydrogen (secondary N) is 1. The predicted molar refractivity (Wildman–Crippen MR) is 165 cm³/mol. The van der Waals surface area contributed by atoms with E-state index in [1.54, 1.807) is 30.5 Å². The SMILES string of the molecule is COc1cccc(F)c1C1=NCc2cnc(Nc3cccc(C(O)N(C)CCCN(C)C)c3)nc2-c2ccc(Cl)cc21. The van der Waals surface area contributed by atoms with E-state index in [9.17, 15) is 5.11 Å². The van der Waals surface area contributed by atoms with Crippen molar-refractivity contribution in [3.05, 3.63) is 100.0 Å². The summed E-state index contributed by atoms with van der Waals surface area (Å²) in [5.41, 5.74) is 5.07. The fraction of sp³-hybridized carbons (Fsp3) is 0.281. The Kier molecular flexibility index (Phi) is 9.13. The van der Waals surface area contributed by atoms with E-state index in [0.717, 1.165) is 41.9 Å². The average Bonchev–Trinajstić information content (AvgIpc) is 3.12. The number of hydrogen-bond acceptors (Lipinski definition) is 8. The molecule has 0 saturated heterocycles. The van der Waals surface area contributed by atoms with Gasteiger partial charge >= 0.3 is 0 Å². The molecule has 1 aliphatic rings. The maximum Gasteiger partial charge on any atom is 0.227 e. The zero-order chi connectivity index (χ0) is 29.8. The molecule has 218 valence electrons. The summed E-state index contributed by atoms with van der Waals surface area (Å²) in [5, 5.41) is 14.7. The number of rotatable bonds is 10. The first kappa shape index (κ1) is 29.6. The quantitative estimate of drug-likeness (QED) is 0.223. The summed E-state index contributed by atoms with van der Waals surface area (Å²) < 4.78 is 20.6. The van der Waals surface area contributed by atoms with Gasteiger partial charge in [-0.05, 0) is 76.1 Å². The third kappa shape index (κ3) is 6.44. The van der Waals surface area contributed by atoms with Crippen molar-refractivity contribution in [2.45, 2.75) is 19.2 Å². The van der Waals surface area contributed by atoms with Crippen LogP contribution in [0.4, 0.5) is 16.0 Å². The Bertz CT molecular complexity index is 1610. The van der Waals surface area contributed by atoms with Gasteiger partial charge in [-0.15, -0.1) is 0 Å². The number of aliphatic hydroxyl groups is 1. The van der Waals surface area contributed by atoms with Crippen LogP contribution in [0.25, 0.3) is 11.3 Å². The third-order valence-electron chi connectivity index (χ3n) is 7.17. The Balaban J connectivity index is 1.45. The van der Waals surface area contributed by atoms with Crippen molar-refractivity contribution in [3.63, 3.8) is 0 Å². The number of methoxy groups -OCH3 is 1. The van der Waals surface area contributed by atoms with E-state index in [4.69, 9.17) is 26.3 Å². The molecule has 0 amide bonds. The fourth-order valence-corrected chi connectivity index (χ4v) is 5.19. The van der Waals surface area contributed by atoms with E-state index in [0.29, 0.717) is 33.7 Å². The van der Waals surface area contributed by atoms with Gasteiger partial charge in [-0.1, -0.05) is 35.9 Å². The molecule has 1 aliphatic heterocycles. The Morgan fingerprint density at radius 1 is 1.05 bits per heavy atom. The Hall–Kier alpha value is -3.89. The fourth-order valence-electron chi connectivity index (χ4n) is 5.02. The van der Waals surface area contributed by atoms with E-state index in [1.165, 1.54) is 13.2 Å². The van der Waals surface area contributed by atoms with Gasteiger partial charge in [-0.25, -0.2) is 14.4 Å². The number of aromatic nitrogens is 2. The molecule has 4 aromatic rings. The molecule has 0 fully saturated rings. The molecule has 1 aromatic heterocycles. The highest BCUT2D eigenvalue weighted by molar-refractivity contribution is 6.31. The van der Waals surface area contributed by atoms with Crippen molar-refractivity contribution >= 4 is 28.9 Å². The maximum absolute atomic E-state index is 15.2. The van der Waals surface area contributed by atoms with Gasteiger partial charge in [0.15, 0.2) is 0 Å². The Labute approximate surface area is 250 Å². The number of halogens is 2. The van der Waals surface area contributed by atoms with Crippen LogP contribution in [0, 0.1) is 5.82 Å². The summed E-state index contributed by atoms with van der Waals surface area (Å²) in [6.45, 7) is 1.96. The summed E-state index contributed by atoms with van der Waals surface area (Å²) in [6, 6.07) is 17.7. The van der Waals surface area contributed by atoms with Crippen LogP contribution < -0.4 is 10.1 Å².